The molecule has 0 bridgehead atoms. The zero-order valence-electron chi connectivity index (χ0n) is 11.2. The van der Waals surface area contributed by atoms with Gasteiger partial charge in [-0.1, -0.05) is 0 Å². The summed E-state index contributed by atoms with van der Waals surface area (Å²) in [5, 5.41) is 3.33. The first kappa shape index (κ1) is 14.0. The highest BCUT2D eigenvalue weighted by atomic mass is 16.5. The van der Waals surface area contributed by atoms with E-state index >= 15 is 0 Å². The number of methoxy groups -OCH3 is 1. The van der Waals surface area contributed by atoms with Crippen molar-refractivity contribution in [3.63, 3.8) is 0 Å². The topological polar surface area (TPSA) is 60.5 Å². The molecule has 2 rings (SSSR count). The Morgan fingerprint density at radius 3 is 3.11 bits per heavy atom. The quantitative estimate of drug-likeness (QED) is 0.623. The lowest BCUT2D eigenvalue weighted by Gasteiger charge is -2.09. The van der Waals surface area contributed by atoms with Gasteiger partial charge in [0.15, 0.2) is 0 Å². The predicted molar refractivity (Wildman–Crippen MR) is 70.9 cm³/mol. The summed E-state index contributed by atoms with van der Waals surface area (Å²) in [7, 11) is 1.36. The first-order valence-electron chi connectivity index (χ1n) is 6.65. The number of rotatable bonds is 6. The van der Waals surface area contributed by atoms with Gasteiger partial charge >= 0.3 is 5.97 Å². The monoisotopic (exact) mass is 264 g/mol. The van der Waals surface area contributed by atoms with E-state index in [0.717, 1.165) is 25.3 Å². The number of nitrogens with zero attached hydrogens (tertiary/aromatic N) is 1. The Balaban J connectivity index is 1.69. The Bertz CT molecular complexity index is 400. The van der Waals surface area contributed by atoms with Crippen molar-refractivity contribution in [1.29, 1.82) is 0 Å². The highest BCUT2D eigenvalue weighted by Gasteiger charge is 2.14. The summed E-state index contributed by atoms with van der Waals surface area (Å²) >= 11 is 0. The van der Waals surface area contributed by atoms with Gasteiger partial charge in [-0.2, -0.15) is 0 Å². The Hall–Kier alpha value is -1.46. The highest BCUT2D eigenvalue weighted by Crippen LogP contribution is 2.14. The van der Waals surface area contributed by atoms with Gasteiger partial charge in [0.25, 0.3) is 0 Å². The summed E-state index contributed by atoms with van der Waals surface area (Å²) in [6, 6.07) is 3.57. The first-order valence-corrected chi connectivity index (χ1v) is 6.65. The third-order valence-electron chi connectivity index (χ3n) is 3.22. The molecule has 0 aliphatic carbocycles. The van der Waals surface area contributed by atoms with Crippen LogP contribution >= 0.6 is 0 Å². The summed E-state index contributed by atoms with van der Waals surface area (Å²) in [5.74, 6) is -0.356. The first-order chi connectivity index (χ1) is 9.29. The Morgan fingerprint density at radius 2 is 2.47 bits per heavy atom. The fourth-order valence-corrected chi connectivity index (χ4v) is 2.12. The lowest BCUT2D eigenvalue weighted by molar-refractivity contribution is 0.0600. The Labute approximate surface area is 113 Å². The van der Waals surface area contributed by atoms with Crippen molar-refractivity contribution in [3.05, 3.63) is 29.6 Å². The molecule has 1 unspecified atom stereocenters. The molecular weight excluding hydrogens is 244 g/mol. The second kappa shape index (κ2) is 7.21. The number of esters is 1. The standard InChI is InChI=1S/C14H20N2O3/c1-18-14(17)11-4-5-12(16-9-11)10-15-7-6-13-3-2-8-19-13/h4-5,9,13,15H,2-3,6-8,10H2,1H3. The van der Waals surface area contributed by atoms with E-state index in [0.29, 0.717) is 18.2 Å². The largest absolute Gasteiger partial charge is 0.465 e. The number of pyridine rings is 1. The summed E-state index contributed by atoms with van der Waals surface area (Å²) < 4.78 is 10.2. The van der Waals surface area contributed by atoms with Crippen LogP contribution in [0, 0.1) is 0 Å². The van der Waals surface area contributed by atoms with Gasteiger partial charge in [-0.15, -0.1) is 0 Å². The Kier molecular flexibility index (Phi) is 5.30. The second-order valence-corrected chi connectivity index (χ2v) is 4.63. The van der Waals surface area contributed by atoms with Crippen molar-refractivity contribution in [1.82, 2.24) is 10.3 Å². The van der Waals surface area contributed by atoms with Crippen molar-refractivity contribution in [3.8, 4) is 0 Å². The average molecular weight is 264 g/mol. The lowest BCUT2D eigenvalue weighted by Crippen LogP contribution is -2.20. The van der Waals surface area contributed by atoms with Crippen molar-refractivity contribution >= 4 is 5.97 Å². The smallest absolute Gasteiger partial charge is 0.339 e. The molecule has 19 heavy (non-hydrogen) atoms. The van der Waals surface area contributed by atoms with Crippen LogP contribution in [0.5, 0.6) is 0 Å². The van der Waals surface area contributed by atoms with Gasteiger partial charge in [-0.3, -0.25) is 4.98 Å². The number of hydrogen-bond donors (Lipinski definition) is 1. The molecule has 1 aliphatic heterocycles. The third kappa shape index (κ3) is 4.29. The molecule has 1 saturated heterocycles. The molecule has 1 aromatic rings. The molecule has 1 aromatic heterocycles. The molecule has 0 saturated carbocycles. The summed E-state index contributed by atoms with van der Waals surface area (Å²) in [4.78, 5) is 15.5. The van der Waals surface area contributed by atoms with Crippen molar-refractivity contribution < 1.29 is 14.3 Å². The number of aromatic nitrogens is 1. The van der Waals surface area contributed by atoms with Gasteiger partial charge < -0.3 is 14.8 Å². The zero-order chi connectivity index (χ0) is 13.5. The van der Waals surface area contributed by atoms with Crippen LogP contribution in [0.3, 0.4) is 0 Å². The molecule has 5 heteroatoms. The number of carbonyl (C=O) groups is 1. The van der Waals surface area contributed by atoms with E-state index < -0.39 is 0 Å². The van der Waals surface area contributed by atoms with E-state index in [2.05, 4.69) is 15.0 Å². The van der Waals surface area contributed by atoms with Crippen LogP contribution in [0.15, 0.2) is 18.3 Å². The zero-order valence-corrected chi connectivity index (χ0v) is 11.2. The summed E-state index contributed by atoms with van der Waals surface area (Å²) in [5.41, 5.74) is 1.39. The molecule has 0 radical (unpaired) electrons. The van der Waals surface area contributed by atoms with Crippen molar-refractivity contribution in [2.24, 2.45) is 0 Å². The lowest BCUT2D eigenvalue weighted by atomic mass is 10.2. The van der Waals surface area contributed by atoms with E-state index in [4.69, 9.17) is 4.74 Å². The molecule has 2 heterocycles. The van der Waals surface area contributed by atoms with Crippen LogP contribution in [0.2, 0.25) is 0 Å². The predicted octanol–water partition coefficient (Wildman–Crippen LogP) is 1.53. The molecule has 1 fully saturated rings. The number of nitrogens with one attached hydrogen (secondary N) is 1. The molecule has 1 atom stereocenters. The third-order valence-corrected chi connectivity index (χ3v) is 3.22. The van der Waals surface area contributed by atoms with Crippen LogP contribution in [-0.2, 0) is 16.0 Å². The van der Waals surface area contributed by atoms with Gasteiger partial charge in [-0.25, -0.2) is 4.79 Å². The maximum absolute atomic E-state index is 11.2. The number of hydrogen-bond acceptors (Lipinski definition) is 5. The van der Waals surface area contributed by atoms with Crippen LogP contribution in [0.25, 0.3) is 0 Å². The van der Waals surface area contributed by atoms with E-state index in [1.165, 1.54) is 20.0 Å². The summed E-state index contributed by atoms with van der Waals surface area (Å²) in [6.07, 6.45) is 5.36. The fraction of sp³-hybridized carbons (Fsp3) is 0.571. The normalized spacial score (nSPS) is 18.5. The Morgan fingerprint density at radius 1 is 1.58 bits per heavy atom. The maximum atomic E-state index is 11.2. The van der Waals surface area contributed by atoms with Crippen LogP contribution in [-0.4, -0.2) is 37.3 Å². The average Bonchev–Trinajstić information content (AvgIpc) is 2.96. The van der Waals surface area contributed by atoms with E-state index in [-0.39, 0.29) is 5.97 Å². The highest BCUT2D eigenvalue weighted by molar-refractivity contribution is 5.88. The molecular formula is C14H20N2O3. The molecule has 5 nitrogen and oxygen atoms in total. The van der Waals surface area contributed by atoms with E-state index in [1.54, 1.807) is 12.3 Å². The SMILES string of the molecule is COC(=O)c1ccc(CNCCC2CCCO2)nc1. The minimum Gasteiger partial charge on any atom is -0.465 e. The maximum Gasteiger partial charge on any atom is 0.339 e. The molecule has 1 N–H and O–H groups in total. The minimum absolute atomic E-state index is 0.356. The number of carbonyl (C=O) groups excluding carboxylic acids is 1. The number of ether oxygens (including phenoxy) is 2. The van der Waals surface area contributed by atoms with Crippen LogP contribution in [0.4, 0.5) is 0 Å². The summed E-state index contributed by atoms with van der Waals surface area (Å²) in [6.45, 7) is 2.53. The molecule has 0 spiro atoms. The van der Waals surface area contributed by atoms with E-state index in [9.17, 15) is 4.79 Å². The molecule has 1 aliphatic rings. The van der Waals surface area contributed by atoms with Crippen LogP contribution < -0.4 is 5.32 Å². The molecule has 0 amide bonds. The molecule has 104 valence electrons. The van der Waals surface area contributed by atoms with Gasteiger partial charge in [0.05, 0.1) is 24.5 Å². The van der Waals surface area contributed by atoms with Crippen molar-refractivity contribution in [2.45, 2.75) is 31.9 Å². The fourth-order valence-electron chi connectivity index (χ4n) is 2.12. The minimum atomic E-state index is -0.356. The van der Waals surface area contributed by atoms with Crippen LogP contribution in [0.1, 0.15) is 35.3 Å². The van der Waals surface area contributed by atoms with Crippen molar-refractivity contribution in [2.75, 3.05) is 20.3 Å². The van der Waals surface area contributed by atoms with Gasteiger partial charge in [0.1, 0.15) is 0 Å². The van der Waals surface area contributed by atoms with Gasteiger partial charge in [0.2, 0.25) is 0 Å². The molecule has 0 aromatic carbocycles. The second-order valence-electron chi connectivity index (χ2n) is 4.63. The van der Waals surface area contributed by atoms with Gasteiger partial charge in [0, 0.05) is 19.3 Å². The van der Waals surface area contributed by atoms with E-state index in [1.807, 2.05) is 6.07 Å². The van der Waals surface area contributed by atoms with Gasteiger partial charge in [-0.05, 0) is 37.9 Å².